The van der Waals surface area contributed by atoms with Crippen molar-refractivity contribution in [2.45, 2.75) is 20.4 Å². The van der Waals surface area contributed by atoms with Crippen LogP contribution in [0.25, 0.3) is 10.2 Å². The van der Waals surface area contributed by atoms with Crippen LogP contribution in [0.15, 0.2) is 29.3 Å². The van der Waals surface area contributed by atoms with Crippen LogP contribution < -0.4 is 15.0 Å². The summed E-state index contributed by atoms with van der Waals surface area (Å²) >= 11 is 1.48. The van der Waals surface area contributed by atoms with Crippen LogP contribution in [-0.2, 0) is 6.54 Å². The lowest BCUT2D eigenvalue weighted by atomic mass is 10.1. The number of fused-ring (bicyclic) bond motifs is 1. The number of carbonyl (C=O) groups is 1. The topological polar surface area (TPSA) is 70.4 Å². The highest BCUT2D eigenvalue weighted by atomic mass is 32.1. The third-order valence-electron chi connectivity index (χ3n) is 4.18. The van der Waals surface area contributed by atoms with Crippen LogP contribution in [0.2, 0.25) is 0 Å². The molecule has 1 aromatic carbocycles. The van der Waals surface area contributed by atoms with Gasteiger partial charge in [0, 0.05) is 4.88 Å². The number of benzene rings is 1. The van der Waals surface area contributed by atoms with Gasteiger partial charge in [-0.3, -0.25) is 14.2 Å². The fourth-order valence-electron chi connectivity index (χ4n) is 2.65. The molecule has 25 heavy (non-hydrogen) atoms. The van der Waals surface area contributed by atoms with Crippen molar-refractivity contribution in [2.75, 3.05) is 14.2 Å². The first kappa shape index (κ1) is 17.2. The molecule has 0 radical (unpaired) electrons. The summed E-state index contributed by atoms with van der Waals surface area (Å²) in [6.45, 7) is 3.74. The Hall–Kier alpha value is -2.67. The number of thiophene rings is 1. The number of ether oxygens (including phenoxy) is 2. The van der Waals surface area contributed by atoms with Gasteiger partial charge in [-0.25, -0.2) is 4.98 Å². The Kier molecular flexibility index (Phi) is 4.59. The summed E-state index contributed by atoms with van der Waals surface area (Å²) in [4.78, 5) is 31.5. The van der Waals surface area contributed by atoms with Gasteiger partial charge in [-0.05, 0) is 37.6 Å². The molecule has 6 nitrogen and oxygen atoms in total. The first-order valence-corrected chi connectivity index (χ1v) is 8.48. The van der Waals surface area contributed by atoms with E-state index in [2.05, 4.69) is 4.98 Å². The number of rotatable bonds is 5. The number of ketones is 1. The summed E-state index contributed by atoms with van der Waals surface area (Å²) in [7, 11) is 3.02. The third-order valence-corrected chi connectivity index (χ3v) is 5.29. The van der Waals surface area contributed by atoms with Crippen LogP contribution in [0, 0.1) is 13.8 Å². The van der Waals surface area contributed by atoms with Crippen molar-refractivity contribution in [1.82, 2.24) is 9.55 Å². The van der Waals surface area contributed by atoms with Gasteiger partial charge in [-0.2, -0.15) is 0 Å². The number of nitrogens with zero attached hydrogens (tertiary/aromatic N) is 2. The zero-order chi connectivity index (χ0) is 18.1. The normalized spacial score (nSPS) is 10.9. The fraction of sp³-hybridized carbons (Fsp3) is 0.278. The number of hydrogen-bond acceptors (Lipinski definition) is 6. The van der Waals surface area contributed by atoms with E-state index in [0.717, 1.165) is 10.4 Å². The largest absolute Gasteiger partial charge is 0.497 e. The maximum atomic E-state index is 12.7. The van der Waals surface area contributed by atoms with Gasteiger partial charge in [0.05, 0.1) is 38.0 Å². The Balaban J connectivity index is 2.02. The van der Waals surface area contributed by atoms with E-state index in [1.165, 1.54) is 36.5 Å². The Morgan fingerprint density at radius 3 is 2.68 bits per heavy atom. The first-order chi connectivity index (χ1) is 12.0. The number of aromatic nitrogens is 2. The second-order valence-corrected chi connectivity index (χ2v) is 6.83. The Labute approximate surface area is 148 Å². The van der Waals surface area contributed by atoms with Crippen LogP contribution in [0.5, 0.6) is 11.5 Å². The zero-order valence-electron chi connectivity index (χ0n) is 14.5. The molecule has 0 N–H and O–H groups in total. The molecule has 130 valence electrons. The summed E-state index contributed by atoms with van der Waals surface area (Å²) in [5.41, 5.74) is 1.08. The summed E-state index contributed by atoms with van der Waals surface area (Å²) in [6.07, 6.45) is 1.42. The first-order valence-electron chi connectivity index (χ1n) is 7.66. The molecule has 0 unspecified atom stereocenters. The number of aryl methyl sites for hydroxylation is 2. The molecule has 0 atom stereocenters. The molecule has 3 rings (SSSR count). The predicted molar refractivity (Wildman–Crippen MR) is 97.2 cm³/mol. The smallest absolute Gasteiger partial charge is 0.262 e. The number of carbonyl (C=O) groups excluding carboxylic acids is 1. The summed E-state index contributed by atoms with van der Waals surface area (Å²) < 4.78 is 11.8. The van der Waals surface area contributed by atoms with E-state index < -0.39 is 0 Å². The van der Waals surface area contributed by atoms with E-state index in [1.54, 1.807) is 18.2 Å². The van der Waals surface area contributed by atoms with E-state index in [-0.39, 0.29) is 17.9 Å². The molecular formula is C18H18N2O4S. The lowest BCUT2D eigenvalue weighted by Crippen LogP contribution is -2.25. The average molecular weight is 358 g/mol. The third kappa shape index (κ3) is 3.02. The molecule has 0 saturated carbocycles. The minimum atomic E-state index is -0.247. The molecule has 0 amide bonds. The monoisotopic (exact) mass is 358 g/mol. The van der Waals surface area contributed by atoms with Crippen LogP contribution in [-0.4, -0.2) is 29.6 Å². The number of hydrogen-bond donors (Lipinski definition) is 0. The quantitative estimate of drug-likeness (QED) is 0.656. The van der Waals surface area contributed by atoms with E-state index in [0.29, 0.717) is 27.3 Å². The van der Waals surface area contributed by atoms with Gasteiger partial charge in [-0.15, -0.1) is 11.3 Å². The van der Waals surface area contributed by atoms with E-state index in [1.807, 2.05) is 13.8 Å². The molecule has 0 aliphatic heterocycles. The number of methoxy groups -OCH3 is 2. The molecular weight excluding hydrogens is 340 g/mol. The zero-order valence-corrected chi connectivity index (χ0v) is 15.3. The summed E-state index contributed by atoms with van der Waals surface area (Å²) in [5, 5.41) is 0.579. The molecule has 3 aromatic rings. The van der Waals surface area contributed by atoms with Crippen molar-refractivity contribution in [3.63, 3.8) is 0 Å². The number of Topliss-reactive ketones (excluding diaryl/α,β-unsaturated/α-hetero) is 1. The second kappa shape index (κ2) is 6.68. The van der Waals surface area contributed by atoms with Crippen molar-refractivity contribution >= 4 is 27.3 Å². The molecule has 7 heteroatoms. The van der Waals surface area contributed by atoms with E-state index >= 15 is 0 Å². The molecule has 0 bridgehead atoms. The van der Waals surface area contributed by atoms with Crippen molar-refractivity contribution < 1.29 is 14.3 Å². The predicted octanol–water partition coefficient (Wildman–Crippen LogP) is 2.97. The van der Waals surface area contributed by atoms with Gasteiger partial charge in [0.25, 0.3) is 5.56 Å². The Morgan fingerprint density at radius 1 is 1.24 bits per heavy atom. The Morgan fingerprint density at radius 2 is 2.00 bits per heavy atom. The minimum Gasteiger partial charge on any atom is -0.497 e. The summed E-state index contributed by atoms with van der Waals surface area (Å²) in [5.74, 6) is 0.744. The van der Waals surface area contributed by atoms with Gasteiger partial charge in [-0.1, -0.05) is 0 Å². The van der Waals surface area contributed by atoms with Gasteiger partial charge in [0.15, 0.2) is 5.78 Å². The lowest BCUT2D eigenvalue weighted by Gasteiger charge is -2.10. The standard InChI is InChI=1S/C18H18N2O4S/c1-10-11(2)25-17-16(10)18(22)20(9-19-17)8-14(21)13-7-12(23-3)5-6-15(13)24-4/h5-7,9H,8H2,1-4H3. The highest BCUT2D eigenvalue weighted by Gasteiger charge is 2.17. The van der Waals surface area contributed by atoms with Gasteiger partial charge < -0.3 is 9.47 Å². The van der Waals surface area contributed by atoms with Gasteiger partial charge >= 0.3 is 0 Å². The fourth-order valence-corrected chi connectivity index (χ4v) is 3.64. The molecule has 0 saturated heterocycles. The molecule has 0 spiro atoms. The highest BCUT2D eigenvalue weighted by Crippen LogP contribution is 2.26. The molecule has 0 fully saturated rings. The molecule has 2 heterocycles. The average Bonchev–Trinajstić information content (AvgIpc) is 2.91. The SMILES string of the molecule is COc1ccc(OC)c(C(=O)Cn2cnc3sc(C)c(C)c3c2=O)c1. The van der Waals surface area contributed by atoms with Gasteiger partial charge in [0.2, 0.25) is 0 Å². The second-order valence-electron chi connectivity index (χ2n) is 5.63. The van der Waals surface area contributed by atoms with Crippen LogP contribution in [0.4, 0.5) is 0 Å². The lowest BCUT2D eigenvalue weighted by molar-refractivity contribution is 0.0967. The molecule has 2 aromatic heterocycles. The van der Waals surface area contributed by atoms with Crippen LogP contribution >= 0.6 is 11.3 Å². The maximum Gasteiger partial charge on any atom is 0.262 e. The summed E-state index contributed by atoms with van der Waals surface area (Å²) in [6, 6.07) is 4.99. The van der Waals surface area contributed by atoms with E-state index in [4.69, 9.17) is 9.47 Å². The minimum absolute atomic E-state index is 0.111. The van der Waals surface area contributed by atoms with E-state index in [9.17, 15) is 9.59 Å². The van der Waals surface area contributed by atoms with Gasteiger partial charge in [0.1, 0.15) is 16.3 Å². The van der Waals surface area contributed by atoms with Crippen molar-refractivity contribution in [2.24, 2.45) is 0 Å². The van der Waals surface area contributed by atoms with Crippen molar-refractivity contribution in [3.05, 3.63) is 50.9 Å². The van der Waals surface area contributed by atoms with Crippen molar-refractivity contribution in [3.8, 4) is 11.5 Å². The van der Waals surface area contributed by atoms with Crippen LogP contribution in [0.3, 0.4) is 0 Å². The molecule has 0 aliphatic rings. The highest BCUT2D eigenvalue weighted by molar-refractivity contribution is 7.18. The Bertz CT molecular complexity index is 1020. The van der Waals surface area contributed by atoms with Crippen molar-refractivity contribution in [1.29, 1.82) is 0 Å². The van der Waals surface area contributed by atoms with Crippen LogP contribution in [0.1, 0.15) is 20.8 Å². The molecule has 0 aliphatic carbocycles. The maximum absolute atomic E-state index is 12.7.